The number of carbonyl (C=O) groups is 3. The van der Waals surface area contributed by atoms with Gasteiger partial charge in [0.1, 0.15) is 12.0 Å². The Morgan fingerprint density at radius 1 is 0.923 bits per heavy atom. The van der Waals surface area contributed by atoms with Crippen molar-refractivity contribution < 1.29 is 24.2 Å². The number of carbonyl (C=O) groups excluding carboxylic acids is 3. The highest BCUT2D eigenvalue weighted by Crippen LogP contribution is 2.34. The summed E-state index contributed by atoms with van der Waals surface area (Å²) in [5.41, 5.74) is 8.59. The van der Waals surface area contributed by atoms with Gasteiger partial charge in [-0.1, -0.05) is 117 Å². The molecule has 0 bridgehead atoms. The van der Waals surface area contributed by atoms with Crippen molar-refractivity contribution in [1.82, 2.24) is 10.2 Å². The van der Waals surface area contributed by atoms with Crippen LogP contribution in [0.25, 0.3) is 0 Å². The second-order valence-corrected chi connectivity index (χ2v) is 14.6. The van der Waals surface area contributed by atoms with Gasteiger partial charge in [0.2, 0.25) is 0 Å². The predicted molar refractivity (Wildman–Crippen MR) is 209 cm³/mol. The third kappa shape index (κ3) is 9.25. The van der Waals surface area contributed by atoms with E-state index in [4.69, 9.17) is 10.5 Å². The molecule has 5 rings (SSSR count). The van der Waals surface area contributed by atoms with Crippen LogP contribution in [0.15, 0.2) is 108 Å². The Kier molecular flexibility index (Phi) is 13.9. The first-order valence-corrected chi connectivity index (χ1v) is 19.1. The zero-order valence-corrected chi connectivity index (χ0v) is 31.7. The highest BCUT2D eigenvalue weighted by atomic mass is 79.9. The van der Waals surface area contributed by atoms with Crippen molar-refractivity contribution in [2.24, 2.45) is 0 Å². The largest absolute Gasteiger partial charge is 0.461 e. The number of aliphatic hydroxyl groups is 1. The third-order valence-corrected chi connectivity index (χ3v) is 11.0. The number of hydrogen-bond acceptors (Lipinski definition) is 8. The Bertz CT molecular complexity index is 1780. The molecule has 0 amide bonds. The van der Waals surface area contributed by atoms with Gasteiger partial charge in [-0.05, 0) is 70.9 Å². The molecule has 3 atom stereocenters. The highest BCUT2D eigenvalue weighted by molar-refractivity contribution is 9.10. The Labute approximate surface area is 315 Å². The molecular formula is C43H50BrN3O5. The normalized spacial score (nSPS) is 15.8. The van der Waals surface area contributed by atoms with Crippen LogP contribution in [0, 0.1) is 0 Å². The summed E-state index contributed by atoms with van der Waals surface area (Å²) < 4.78 is 6.47. The maximum Gasteiger partial charge on any atom is 0.338 e. The number of ether oxygens (including phenoxy) is 1. The van der Waals surface area contributed by atoms with Gasteiger partial charge in [0, 0.05) is 35.2 Å². The predicted octanol–water partition coefficient (Wildman–Crippen LogP) is 7.83. The lowest BCUT2D eigenvalue weighted by Gasteiger charge is -2.36. The monoisotopic (exact) mass is 767 g/mol. The summed E-state index contributed by atoms with van der Waals surface area (Å²) in [4.78, 5) is 44.3. The number of nitrogens with one attached hydrogen (secondary N) is 1. The van der Waals surface area contributed by atoms with E-state index in [2.05, 4.69) is 28.2 Å². The molecule has 0 saturated heterocycles. The molecule has 0 spiro atoms. The average Bonchev–Trinajstić information content (AvgIpc) is 3.19. The van der Waals surface area contributed by atoms with Gasteiger partial charge in [-0.25, -0.2) is 4.79 Å². The Balaban J connectivity index is 1.39. The van der Waals surface area contributed by atoms with Gasteiger partial charge in [-0.15, -0.1) is 0 Å². The first kappa shape index (κ1) is 39.1. The zero-order chi connectivity index (χ0) is 37.1. The molecule has 1 saturated carbocycles. The molecule has 8 nitrogen and oxygen atoms in total. The molecule has 4 aromatic carbocycles. The molecule has 0 aromatic heterocycles. The summed E-state index contributed by atoms with van der Waals surface area (Å²) in [6.45, 7) is 3.56. The fourth-order valence-electron chi connectivity index (χ4n) is 7.26. The molecule has 52 heavy (non-hydrogen) atoms. The van der Waals surface area contributed by atoms with Crippen LogP contribution >= 0.6 is 15.9 Å². The standard InChI is InChI=1S/C43H50BrN3O5/c1-3-37(46-34-22-14-7-15-23-34)35-26-32(27-36(44)39(35)45)42(51)52-25-24-47(28-30-16-8-4-9-17-30)38(29-48)41(50)43(2,33-20-12-6-13-21-33)40(49)31-18-10-5-11-19-31/h4-6,8-13,16-21,26-27,34,37-38,46,48H,3,7,14-15,22-25,28-29,45H2,1-2H3. The van der Waals surface area contributed by atoms with Crippen LogP contribution in [0.3, 0.4) is 0 Å². The quantitative estimate of drug-likeness (QED) is 0.0430. The second-order valence-electron chi connectivity index (χ2n) is 13.8. The number of nitrogens with two attached hydrogens (primary N) is 1. The minimum atomic E-state index is -1.60. The van der Waals surface area contributed by atoms with E-state index in [9.17, 15) is 19.5 Å². The van der Waals surface area contributed by atoms with E-state index in [0.717, 1.165) is 30.4 Å². The fraction of sp³-hybridized carbons (Fsp3) is 0.372. The van der Waals surface area contributed by atoms with Gasteiger partial charge in [-0.2, -0.15) is 0 Å². The molecule has 274 valence electrons. The van der Waals surface area contributed by atoms with Gasteiger partial charge in [-0.3, -0.25) is 14.5 Å². The lowest BCUT2D eigenvalue weighted by Crippen LogP contribution is -2.54. The van der Waals surface area contributed by atoms with Crippen LogP contribution < -0.4 is 11.1 Å². The number of Topliss-reactive ketones (excluding diaryl/α,β-unsaturated/α-hetero) is 2. The van der Waals surface area contributed by atoms with Gasteiger partial charge in [0.05, 0.1) is 23.9 Å². The summed E-state index contributed by atoms with van der Waals surface area (Å²) in [5.74, 6) is -1.32. The van der Waals surface area contributed by atoms with Crippen molar-refractivity contribution in [3.63, 3.8) is 0 Å². The Morgan fingerprint density at radius 3 is 2.15 bits per heavy atom. The topological polar surface area (TPSA) is 122 Å². The van der Waals surface area contributed by atoms with Crippen molar-refractivity contribution in [2.75, 3.05) is 25.5 Å². The Morgan fingerprint density at radius 2 is 1.54 bits per heavy atom. The van der Waals surface area contributed by atoms with Gasteiger partial charge in [0.25, 0.3) is 0 Å². The van der Waals surface area contributed by atoms with Crippen LogP contribution in [0.1, 0.15) is 95.8 Å². The molecule has 0 radical (unpaired) electrons. The maximum absolute atomic E-state index is 14.8. The van der Waals surface area contributed by atoms with Crippen LogP contribution in [-0.2, 0) is 21.5 Å². The summed E-state index contributed by atoms with van der Waals surface area (Å²) in [5, 5.41) is 14.6. The third-order valence-electron chi connectivity index (χ3n) is 10.3. The van der Waals surface area contributed by atoms with Crippen molar-refractivity contribution >= 4 is 39.2 Å². The van der Waals surface area contributed by atoms with Gasteiger partial charge < -0.3 is 20.9 Å². The van der Waals surface area contributed by atoms with Crippen LogP contribution in [0.2, 0.25) is 0 Å². The van der Waals surface area contributed by atoms with E-state index < -0.39 is 29.8 Å². The van der Waals surface area contributed by atoms with E-state index in [1.165, 1.54) is 19.3 Å². The maximum atomic E-state index is 14.8. The Hall–Kier alpha value is -4.15. The number of benzene rings is 4. The molecular weight excluding hydrogens is 718 g/mol. The molecule has 1 fully saturated rings. The summed E-state index contributed by atoms with van der Waals surface area (Å²) in [7, 11) is 0. The van der Waals surface area contributed by atoms with E-state index >= 15 is 0 Å². The first-order valence-electron chi connectivity index (χ1n) is 18.3. The van der Waals surface area contributed by atoms with Gasteiger partial charge >= 0.3 is 5.97 Å². The number of aliphatic hydroxyl groups excluding tert-OH is 1. The number of halogens is 1. The molecule has 1 aliphatic rings. The van der Waals surface area contributed by atoms with E-state index in [0.29, 0.717) is 32.9 Å². The second kappa shape index (κ2) is 18.6. The lowest BCUT2D eigenvalue weighted by atomic mass is 9.70. The number of esters is 1. The smallest absolute Gasteiger partial charge is 0.338 e. The zero-order valence-electron chi connectivity index (χ0n) is 30.1. The summed E-state index contributed by atoms with van der Waals surface area (Å²) in [6, 6.07) is 30.1. The molecule has 3 unspecified atom stereocenters. The number of hydrogen-bond donors (Lipinski definition) is 3. The molecule has 4 N–H and O–H groups in total. The van der Waals surface area contributed by atoms with Crippen molar-refractivity contribution in [2.45, 2.75) is 82.5 Å². The first-order chi connectivity index (χ1) is 25.2. The molecule has 4 aromatic rings. The summed E-state index contributed by atoms with van der Waals surface area (Å²) in [6.07, 6.45) is 6.74. The number of nitrogens with zero attached hydrogens (tertiary/aromatic N) is 1. The molecule has 9 heteroatoms. The molecule has 0 heterocycles. The highest BCUT2D eigenvalue weighted by Gasteiger charge is 2.47. The van der Waals surface area contributed by atoms with Crippen molar-refractivity contribution in [3.05, 3.63) is 135 Å². The number of anilines is 1. The van der Waals surface area contributed by atoms with Crippen LogP contribution in [0.4, 0.5) is 5.69 Å². The number of rotatable bonds is 17. The minimum Gasteiger partial charge on any atom is -0.461 e. The summed E-state index contributed by atoms with van der Waals surface area (Å²) >= 11 is 3.57. The van der Waals surface area contributed by atoms with Crippen LogP contribution in [0.5, 0.6) is 0 Å². The van der Waals surface area contributed by atoms with Gasteiger partial charge in [0.15, 0.2) is 11.6 Å². The van der Waals surface area contributed by atoms with E-state index in [1.807, 2.05) is 48.5 Å². The molecule has 0 aliphatic heterocycles. The minimum absolute atomic E-state index is 0.0117. The SMILES string of the molecule is CCC(NC1CCCCC1)c1cc(C(=O)OCCN(Cc2ccccc2)C(CO)C(=O)C(C)(C(=O)c2ccccc2)c2ccccc2)cc(Br)c1N. The van der Waals surface area contributed by atoms with Crippen molar-refractivity contribution in [3.8, 4) is 0 Å². The molecule has 1 aliphatic carbocycles. The average molecular weight is 769 g/mol. The van der Waals surface area contributed by atoms with E-state index in [-0.39, 0.29) is 31.5 Å². The number of ketones is 2. The number of nitrogen functional groups attached to an aromatic ring is 1. The lowest BCUT2D eigenvalue weighted by molar-refractivity contribution is -0.129. The van der Waals surface area contributed by atoms with E-state index in [1.54, 1.807) is 66.4 Å². The fourth-order valence-corrected chi connectivity index (χ4v) is 7.74. The van der Waals surface area contributed by atoms with Crippen molar-refractivity contribution in [1.29, 1.82) is 0 Å². The van der Waals surface area contributed by atoms with Crippen LogP contribution in [-0.4, -0.2) is 59.4 Å².